The summed E-state index contributed by atoms with van der Waals surface area (Å²) in [7, 11) is 0. The molecule has 0 bridgehead atoms. The maximum Gasteiger partial charge on any atom is 0.142 e. The van der Waals surface area contributed by atoms with Gasteiger partial charge in [0, 0.05) is 26.3 Å². The maximum absolute atomic E-state index is 14.1. The largest absolute Gasteiger partial charge is 0.354 e. The molecule has 1 heterocycles. The molecule has 6 rings (SSSR count). The van der Waals surface area contributed by atoms with Crippen LogP contribution in [0.2, 0.25) is 5.02 Å². The van der Waals surface area contributed by atoms with E-state index in [-0.39, 0.29) is 5.02 Å². The highest BCUT2D eigenvalue weighted by atomic mass is 79.9. The van der Waals surface area contributed by atoms with Gasteiger partial charge in [0.15, 0.2) is 0 Å². The van der Waals surface area contributed by atoms with E-state index in [4.69, 9.17) is 11.6 Å². The number of hydrogen-bond acceptors (Lipinski definition) is 0. The molecule has 6 aromatic rings. The molecule has 0 atom stereocenters. The number of rotatable bonds is 3. The molecule has 0 spiro atoms. The zero-order valence-corrected chi connectivity index (χ0v) is 20.3. The van der Waals surface area contributed by atoms with Crippen molar-refractivity contribution in [3.05, 3.63) is 118 Å². The molecule has 4 heteroatoms. The van der Waals surface area contributed by atoms with Crippen molar-refractivity contribution in [1.29, 1.82) is 0 Å². The molecule has 34 heavy (non-hydrogen) atoms. The molecule has 0 aliphatic rings. The molecule has 0 amide bonds. The van der Waals surface area contributed by atoms with E-state index in [9.17, 15) is 4.39 Å². The minimum Gasteiger partial charge on any atom is -0.354 e. The van der Waals surface area contributed by atoms with E-state index in [2.05, 4.69) is 87.6 Å². The molecule has 1 aromatic heterocycles. The fourth-order valence-electron chi connectivity index (χ4n) is 4.55. The first-order chi connectivity index (χ1) is 16.6. The monoisotopic (exact) mass is 525 g/mol. The second-order valence-corrected chi connectivity index (χ2v) is 9.57. The average Bonchev–Trinajstić information content (AvgIpc) is 3.25. The molecule has 0 fully saturated rings. The molecule has 0 saturated carbocycles. The van der Waals surface area contributed by atoms with E-state index in [1.807, 2.05) is 24.3 Å². The zero-order chi connectivity index (χ0) is 23.2. The Labute approximate surface area is 210 Å². The summed E-state index contributed by atoms with van der Waals surface area (Å²) in [6, 6.07) is 34.6. The van der Waals surface area contributed by atoms with Crippen LogP contribution in [-0.4, -0.2) is 4.98 Å². The third kappa shape index (κ3) is 3.62. The Morgan fingerprint density at radius 3 is 1.97 bits per heavy atom. The minimum atomic E-state index is -0.447. The highest BCUT2D eigenvalue weighted by Gasteiger charge is 2.17. The molecule has 0 radical (unpaired) electrons. The van der Waals surface area contributed by atoms with Crippen LogP contribution >= 0.6 is 27.5 Å². The zero-order valence-electron chi connectivity index (χ0n) is 17.9. The summed E-state index contributed by atoms with van der Waals surface area (Å²) in [6.45, 7) is 0. The Kier molecular flexibility index (Phi) is 5.24. The van der Waals surface area contributed by atoms with Gasteiger partial charge in [0.25, 0.3) is 0 Å². The number of aromatic amines is 1. The van der Waals surface area contributed by atoms with Gasteiger partial charge < -0.3 is 4.98 Å². The molecule has 164 valence electrons. The second kappa shape index (κ2) is 8.43. The van der Waals surface area contributed by atoms with E-state index in [1.54, 1.807) is 6.07 Å². The normalized spacial score (nSPS) is 11.4. The van der Waals surface area contributed by atoms with Crippen LogP contribution in [0.4, 0.5) is 4.39 Å². The van der Waals surface area contributed by atoms with Crippen molar-refractivity contribution in [3.63, 3.8) is 0 Å². The van der Waals surface area contributed by atoms with Crippen LogP contribution in [0, 0.1) is 5.82 Å². The van der Waals surface area contributed by atoms with Crippen LogP contribution in [-0.2, 0) is 0 Å². The summed E-state index contributed by atoms with van der Waals surface area (Å²) in [4.78, 5) is 3.61. The first-order valence-corrected chi connectivity index (χ1v) is 12.1. The van der Waals surface area contributed by atoms with E-state index in [1.165, 1.54) is 11.6 Å². The van der Waals surface area contributed by atoms with Gasteiger partial charge in [-0.05, 0) is 64.2 Å². The highest BCUT2D eigenvalue weighted by molar-refractivity contribution is 9.10. The van der Waals surface area contributed by atoms with Crippen LogP contribution in [0.5, 0.6) is 0 Å². The molecule has 5 aromatic carbocycles. The van der Waals surface area contributed by atoms with Crippen LogP contribution in [0.1, 0.15) is 0 Å². The summed E-state index contributed by atoms with van der Waals surface area (Å²) in [5.41, 5.74) is 8.36. The standard InChI is InChI=1S/C30H18BrClFN/c31-26-17-28(33)27(32)16-22(26)24-14-21(19-9-5-2-6-10-19)15-25-23-13-20(18-7-3-1-4-8-18)11-12-29(23)34-30(24)25/h1-17,34H. The summed E-state index contributed by atoms with van der Waals surface area (Å²) in [6.07, 6.45) is 0. The number of halogens is 3. The van der Waals surface area contributed by atoms with Gasteiger partial charge in [0.05, 0.1) is 10.5 Å². The van der Waals surface area contributed by atoms with Gasteiger partial charge in [-0.1, -0.05) is 94.3 Å². The summed E-state index contributed by atoms with van der Waals surface area (Å²) < 4.78 is 14.8. The molecule has 1 nitrogen and oxygen atoms in total. The Balaban J connectivity index is 1.69. The van der Waals surface area contributed by atoms with Crippen molar-refractivity contribution < 1.29 is 4.39 Å². The summed E-state index contributed by atoms with van der Waals surface area (Å²) in [5.74, 6) is -0.447. The molecule has 0 aliphatic carbocycles. The van der Waals surface area contributed by atoms with Gasteiger partial charge >= 0.3 is 0 Å². The molecule has 1 N–H and O–H groups in total. The van der Waals surface area contributed by atoms with Crippen LogP contribution in [0.15, 0.2) is 108 Å². The van der Waals surface area contributed by atoms with Crippen LogP contribution in [0.3, 0.4) is 0 Å². The molecule has 0 saturated heterocycles. The Hall–Kier alpha value is -3.40. The van der Waals surface area contributed by atoms with Crippen molar-refractivity contribution in [3.8, 4) is 33.4 Å². The number of hydrogen-bond donors (Lipinski definition) is 1. The second-order valence-electron chi connectivity index (χ2n) is 8.31. The van der Waals surface area contributed by atoms with E-state index < -0.39 is 5.82 Å². The SMILES string of the molecule is Fc1cc(Br)c(-c2cc(-c3ccccc3)cc3c2[nH]c2ccc(-c4ccccc4)cc23)cc1Cl. The highest BCUT2D eigenvalue weighted by Crippen LogP contribution is 2.42. The third-order valence-electron chi connectivity index (χ3n) is 6.22. The number of benzene rings is 5. The predicted molar refractivity (Wildman–Crippen MR) is 145 cm³/mol. The van der Waals surface area contributed by atoms with Crippen molar-refractivity contribution in [1.82, 2.24) is 4.98 Å². The van der Waals surface area contributed by atoms with Gasteiger partial charge in [0.2, 0.25) is 0 Å². The smallest absolute Gasteiger partial charge is 0.142 e. The molecular formula is C30H18BrClFN. The lowest BCUT2D eigenvalue weighted by Gasteiger charge is -2.11. The third-order valence-corrected chi connectivity index (χ3v) is 7.17. The lowest BCUT2D eigenvalue weighted by molar-refractivity contribution is 0.627. The predicted octanol–water partition coefficient (Wildman–Crippen LogP) is 9.88. The van der Waals surface area contributed by atoms with Crippen molar-refractivity contribution in [2.45, 2.75) is 0 Å². The van der Waals surface area contributed by atoms with E-state index in [0.717, 1.165) is 49.6 Å². The Bertz CT molecular complexity index is 1670. The van der Waals surface area contributed by atoms with Crippen LogP contribution in [0.25, 0.3) is 55.2 Å². The molecule has 0 unspecified atom stereocenters. The van der Waals surface area contributed by atoms with Gasteiger partial charge in [-0.2, -0.15) is 0 Å². The number of nitrogens with one attached hydrogen (secondary N) is 1. The van der Waals surface area contributed by atoms with Crippen LogP contribution < -0.4 is 0 Å². The van der Waals surface area contributed by atoms with E-state index in [0.29, 0.717) is 4.47 Å². The van der Waals surface area contributed by atoms with Gasteiger partial charge in [-0.15, -0.1) is 0 Å². The van der Waals surface area contributed by atoms with E-state index >= 15 is 0 Å². The molecular weight excluding hydrogens is 509 g/mol. The number of aromatic nitrogens is 1. The number of fused-ring (bicyclic) bond motifs is 3. The topological polar surface area (TPSA) is 15.8 Å². The van der Waals surface area contributed by atoms with Gasteiger partial charge in [0.1, 0.15) is 5.82 Å². The maximum atomic E-state index is 14.1. The van der Waals surface area contributed by atoms with Gasteiger partial charge in [-0.25, -0.2) is 4.39 Å². The Morgan fingerprint density at radius 1 is 0.618 bits per heavy atom. The number of H-pyrrole nitrogens is 1. The van der Waals surface area contributed by atoms with Crippen molar-refractivity contribution in [2.75, 3.05) is 0 Å². The first kappa shape index (κ1) is 21.2. The lowest BCUT2D eigenvalue weighted by atomic mass is 9.95. The fourth-order valence-corrected chi connectivity index (χ4v) is 5.24. The fraction of sp³-hybridized carbons (Fsp3) is 0. The summed E-state index contributed by atoms with van der Waals surface area (Å²) in [5, 5.41) is 2.34. The minimum absolute atomic E-state index is 0.0962. The Morgan fingerprint density at radius 2 is 1.26 bits per heavy atom. The lowest BCUT2D eigenvalue weighted by Crippen LogP contribution is -1.88. The first-order valence-electron chi connectivity index (χ1n) is 10.9. The van der Waals surface area contributed by atoms with Gasteiger partial charge in [-0.3, -0.25) is 0 Å². The van der Waals surface area contributed by atoms with Crippen molar-refractivity contribution in [2.24, 2.45) is 0 Å². The quantitative estimate of drug-likeness (QED) is 0.221. The molecule has 0 aliphatic heterocycles. The summed E-state index contributed by atoms with van der Waals surface area (Å²) >= 11 is 9.76. The van der Waals surface area contributed by atoms with Crippen molar-refractivity contribution >= 4 is 49.3 Å². The average molecular weight is 527 g/mol.